The molecule has 0 heterocycles. The van der Waals surface area contributed by atoms with Gasteiger partial charge in [0, 0.05) is 0 Å². The van der Waals surface area contributed by atoms with Gasteiger partial charge in [-0.25, -0.2) is 0 Å². The number of rotatable bonds is 9. The molecule has 0 aromatic rings. The normalized spacial score (nSPS) is 21.9. The molecule has 0 amide bonds. The largest absolute Gasteiger partial charge is 0.394 e. The third-order valence-corrected chi connectivity index (χ3v) is 3.03. The zero-order valence-corrected chi connectivity index (χ0v) is 12.4. The van der Waals surface area contributed by atoms with E-state index in [-0.39, 0.29) is 11.4 Å². The van der Waals surface area contributed by atoms with Crippen LogP contribution in [0.25, 0.3) is 0 Å². The number of hydrogen-bond acceptors (Lipinski definition) is 10. The lowest BCUT2D eigenvalue weighted by atomic mass is 10.0. The van der Waals surface area contributed by atoms with Crippen LogP contribution < -0.4 is 0 Å². The lowest BCUT2D eigenvalue weighted by molar-refractivity contribution is -0.0559. The van der Waals surface area contributed by atoms with E-state index in [9.17, 15) is 30.6 Å². The van der Waals surface area contributed by atoms with Crippen LogP contribution >= 0.6 is 0 Å². The van der Waals surface area contributed by atoms with Crippen LogP contribution in [0, 0.1) is 0 Å². The number of hydrogen-bond donors (Lipinski definition) is 8. The van der Waals surface area contributed by atoms with E-state index >= 15 is 0 Å². The van der Waals surface area contributed by atoms with Crippen LogP contribution in [0.3, 0.4) is 0 Å². The first kappa shape index (κ1) is 21.0. The fourth-order valence-corrected chi connectivity index (χ4v) is 1.41. The number of nitrogens with zero attached hydrogens (tertiary/aromatic N) is 2. The van der Waals surface area contributed by atoms with E-state index in [1.165, 1.54) is 13.8 Å². The predicted molar refractivity (Wildman–Crippen MR) is 76.4 cm³/mol. The zero-order chi connectivity index (χ0) is 17.4. The van der Waals surface area contributed by atoms with Crippen molar-refractivity contribution in [1.29, 1.82) is 0 Å². The summed E-state index contributed by atoms with van der Waals surface area (Å²) < 4.78 is 0. The molecule has 8 N–H and O–H groups in total. The number of aliphatic hydroxyl groups is 8. The first-order chi connectivity index (χ1) is 10.2. The van der Waals surface area contributed by atoms with Crippen LogP contribution in [0.4, 0.5) is 0 Å². The highest BCUT2D eigenvalue weighted by Crippen LogP contribution is 2.05. The second-order valence-electron chi connectivity index (χ2n) is 4.85. The van der Waals surface area contributed by atoms with Crippen molar-refractivity contribution < 1.29 is 40.9 Å². The minimum absolute atomic E-state index is 0.108. The van der Waals surface area contributed by atoms with E-state index in [0.29, 0.717) is 0 Å². The quantitative estimate of drug-likeness (QED) is 0.155. The monoisotopic (exact) mass is 324 g/mol. The molecule has 10 nitrogen and oxygen atoms in total. The van der Waals surface area contributed by atoms with Gasteiger partial charge in [-0.2, -0.15) is 10.2 Å². The highest BCUT2D eigenvalue weighted by Gasteiger charge is 2.28. The Bertz CT molecular complexity index is 353. The molecule has 0 radical (unpaired) electrons. The van der Waals surface area contributed by atoms with Gasteiger partial charge in [0.05, 0.1) is 24.6 Å². The average molecular weight is 324 g/mol. The maximum absolute atomic E-state index is 9.67. The summed E-state index contributed by atoms with van der Waals surface area (Å²) >= 11 is 0. The minimum atomic E-state index is -1.67. The maximum atomic E-state index is 9.67. The standard InChI is InChI=1S/C12H24N2O8/c1-5(9(19)11(21)7(17)3-15)13-14-6(2)10(20)12(22)8(18)4-16/h7-12,15-22H,3-4H2,1-2H3/b13-5+,14-6+/t7-,8+,9-,10+,11-,12-/m0/s1. The van der Waals surface area contributed by atoms with Gasteiger partial charge in [0.1, 0.15) is 36.6 Å². The Balaban J connectivity index is 4.90. The van der Waals surface area contributed by atoms with E-state index in [1.807, 2.05) is 0 Å². The Labute approximate surface area is 127 Å². The molecule has 22 heavy (non-hydrogen) atoms. The molecule has 0 rings (SSSR count). The summed E-state index contributed by atoms with van der Waals surface area (Å²) in [5, 5.41) is 81.1. The molecular weight excluding hydrogens is 300 g/mol. The highest BCUT2D eigenvalue weighted by atomic mass is 16.4. The molecule has 0 aliphatic rings. The SMILES string of the molecule is C/C(=N\N=C(/C)[C@H](O)[C@@H](O)[C@@H](O)CO)[C@@H](O)[C@@H](O)[C@H](O)CO. The molecule has 0 fully saturated rings. The van der Waals surface area contributed by atoms with E-state index < -0.39 is 49.8 Å². The van der Waals surface area contributed by atoms with Crippen LogP contribution in [0.15, 0.2) is 10.2 Å². The molecule has 0 bridgehead atoms. The average Bonchev–Trinajstić information content (AvgIpc) is 2.54. The molecule has 6 atom stereocenters. The summed E-state index contributed by atoms with van der Waals surface area (Å²) in [5.41, 5.74) is -0.215. The second-order valence-corrected chi connectivity index (χ2v) is 4.85. The van der Waals surface area contributed by atoms with E-state index in [4.69, 9.17) is 10.2 Å². The first-order valence-corrected chi connectivity index (χ1v) is 6.56. The van der Waals surface area contributed by atoms with Crippen molar-refractivity contribution in [2.75, 3.05) is 13.2 Å². The summed E-state index contributed by atoms with van der Waals surface area (Å²) in [6.45, 7) is 1.08. The Morgan fingerprint density at radius 2 is 0.955 bits per heavy atom. The summed E-state index contributed by atoms with van der Waals surface area (Å²) in [6, 6.07) is 0. The lowest BCUT2D eigenvalue weighted by Crippen LogP contribution is -2.43. The minimum Gasteiger partial charge on any atom is -0.394 e. The third-order valence-electron chi connectivity index (χ3n) is 3.03. The van der Waals surface area contributed by atoms with Crippen molar-refractivity contribution in [3.8, 4) is 0 Å². The van der Waals surface area contributed by atoms with Gasteiger partial charge in [0.25, 0.3) is 0 Å². The summed E-state index contributed by atoms with van der Waals surface area (Å²) in [6.07, 6.45) is -9.64. The molecule has 0 aliphatic heterocycles. The Morgan fingerprint density at radius 3 is 1.18 bits per heavy atom. The van der Waals surface area contributed by atoms with Crippen molar-refractivity contribution in [2.24, 2.45) is 10.2 Å². The van der Waals surface area contributed by atoms with Gasteiger partial charge in [-0.3, -0.25) is 0 Å². The fourth-order valence-electron chi connectivity index (χ4n) is 1.41. The molecule has 0 unspecified atom stereocenters. The van der Waals surface area contributed by atoms with Gasteiger partial charge in [-0.05, 0) is 13.8 Å². The van der Waals surface area contributed by atoms with Gasteiger partial charge in [-0.15, -0.1) is 0 Å². The predicted octanol–water partition coefficient (Wildman–Crippen LogP) is -4.03. The van der Waals surface area contributed by atoms with Crippen LogP contribution in [0.1, 0.15) is 13.8 Å². The maximum Gasteiger partial charge on any atom is 0.122 e. The second kappa shape index (κ2) is 9.92. The van der Waals surface area contributed by atoms with E-state index in [2.05, 4.69) is 10.2 Å². The Morgan fingerprint density at radius 1 is 0.682 bits per heavy atom. The van der Waals surface area contributed by atoms with Gasteiger partial charge >= 0.3 is 0 Å². The third kappa shape index (κ3) is 6.02. The topological polar surface area (TPSA) is 187 Å². The lowest BCUT2D eigenvalue weighted by Gasteiger charge is -2.21. The van der Waals surface area contributed by atoms with Crippen LogP contribution in [-0.4, -0.2) is 102 Å². The van der Waals surface area contributed by atoms with Crippen LogP contribution in [0.5, 0.6) is 0 Å². The highest BCUT2D eigenvalue weighted by molar-refractivity contribution is 5.90. The van der Waals surface area contributed by atoms with Gasteiger partial charge in [0.2, 0.25) is 0 Å². The smallest absolute Gasteiger partial charge is 0.122 e. The molecule has 0 saturated heterocycles. The molecule has 0 aromatic heterocycles. The van der Waals surface area contributed by atoms with Crippen LogP contribution in [-0.2, 0) is 0 Å². The van der Waals surface area contributed by atoms with E-state index in [1.54, 1.807) is 0 Å². The van der Waals surface area contributed by atoms with Gasteiger partial charge in [0.15, 0.2) is 0 Å². The Kier molecular flexibility index (Phi) is 9.48. The van der Waals surface area contributed by atoms with Crippen molar-refractivity contribution in [3.63, 3.8) is 0 Å². The van der Waals surface area contributed by atoms with Gasteiger partial charge < -0.3 is 40.9 Å². The van der Waals surface area contributed by atoms with Crippen LogP contribution in [0.2, 0.25) is 0 Å². The summed E-state index contributed by atoms with van der Waals surface area (Å²) in [4.78, 5) is 0. The molecule has 130 valence electrons. The molecule has 10 heteroatoms. The zero-order valence-electron chi connectivity index (χ0n) is 12.4. The van der Waals surface area contributed by atoms with Gasteiger partial charge in [-0.1, -0.05) is 0 Å². The van der Waals surface area contributed by atoms with Crippen molar-refractivity contribution in [2.45, 2.75) is 50.5 Å². The summed E-state index contributed by atoms with van der Waals surface area (Å²) in [5.74, 6) is 0. The van der Waals surface area contributed by atoms with E-state index in [0.717, 1.165) is 0 Å². The first-order valence-electron chi connectivity index (χ1n) is 6.56. The molecule has 0 aliphatic carbocycles. The fraction of sp³-hybridized carbons (Fsp3) is 0.833. The Hall–Kier alpha value is -0.980. The molecular formula is C12H24N2O8. The molecule has 0 saturated carbocycles. The number of aliphatic hydroxyl groups excluding tert-OH is 8. The molecule has 0 aromatic carbocycles. The van der Waals surface area contributed by atoms with Crippen molar-refractivity contribution in [1.82, 2.24) is 0 Å². The van der Waals surface area contributed by atoms with Crippen molar-refractivity contribution in [3.05, 3.63) is 0 Å². The molecule has 0 spiro atoms. The summed E-state index contributed by atoms with van der Waals surface area (Å²) in [7, 11) is 0. The van der Waals surface area contributed by atoms with Crippen molar-refractivity contribution >= 4 is 11.4 Å².